The molecule has 3 aromatic carbocycles. The number of benzene rings is 3. The molecular weight excluding hydrogens is 488 g/mol. The van der Waals surface area contributed by atoms with Crippen LogP contribution in [0.15, 0.2) is 72.3 Å². The number of anilines is 1. The molecule has 9 heteroatoms. The molecule has 1 aromatic heterocycles. The van der Waals surface area contributed by atoms with Gasteiger partial charge in [0.15, 0.2) is 5.13 Å². The van der Waals surface area contributed by atoms with Gasteiger partial charge in [-0.3, -0.25) is 14.5 Å². The number of carbonyl (C=O) groups excluding carboxylic acids is 2. The average molecular weight is 507 g/mol. The summed E-state index contributed by atoms with van der Waals surface area (Å²) in [5, 5.41) is 12.1. The number of fused-ring (bicyclic) bond motifs is 1. The van der Waals surface area contributed by atoms with Gasteiger partial charge in [0.25, 0.3) is 5.78 Å². The zero-order valence-electron chi connectivity index (χ0n) is 18.7. The Morgan fingerprint density at radius 1 is 1.03 bits per heavy atom. The first-order valence-corrected chi connectivity index (χ1v) is 11.8. The summed E-state index contributed by atoms with van der Waals surface area (Å²) in [7, 11) is 3.02. The van der Waals surface area contributed by atoms with Gasteiger partial charge < -0.3 is 14.6 Å². The Morgan fingerprint density at radius 3 is 2.46 bits per heavy atom. The molecule has 0 spiro atoms. The third-order valence-corrected chi connectivity index (χ3v) is 7.07. The number of thiazole rings is 1. The van der Waals surface area contributed by atoms with E-state index in [9.17, 15) is 14.7 Å². The van der Waals surface area contributed by atoms with Crippen LogP contribution >= 0.6 is 22.9 Å². The van der Waals surface area contributed by atoms with Crippen molar-refractivity contribution in [2.75, 3.05) is 19.1 Å². The number of nitrogens with zero attached hydrogens (tertiary/aromatic N) is 2. The fourth-order valence-electron chi connectivity index (χ4n) is 4.09. The number of ketones is 1. The van der Waals surface area contributed by atoms with E-state index in [1.165, 1.54) is 30.5 Å². The predicted octanol–water partition coefficient (Wildman–Crippen LogP) is 5.59. The highest BCUT2D eigenvalue weighted by atomic mass is 35.5. The lowest BCUT2D eigenvalue weighted by atomic mass is 9.94. The highest BCUT2D eigenvalue weighted by Gasteiger charge is 2.49. The second kappa shape index (κ2) is 9.05. The lowest BCUT2D eigenvalue weighted by Crippen LogP contribution is -2.29. The van der Waals surface area contributed by atoms with Gasteiger partial charge in [0.2, 0.25) is 0 Å². The topological polar surface area (TPSA) is 89.0 Å². The van der Waals surface area contributed by atoms with Crippen LogP contribution in [0.1, 0.15) is 17.2 Å². The fraction of sp³-hybridized carbons (Fsp3) is 0.115. The monoisotopic (exact) mass is 506 g/mol. The molecule has 5 rings (SSSR count). The number of Topliss-reactive ketones (excluding diaryl/α,β-unsaturated/α-hetero) is 1. The zero-order chi connectivity index (χ0) is 24.7. The Bertz CT molecular complexity index is 1460. The molecule has 1 N–H and O–H groups in total. The summed E-state index contributed by atoms with van der Waals surface area (Å²) in [6, 6.07) is 17.9. The molecule has 35 heavy (non-hydrogen) atoms. The van der Waals surface area contributed by atoms with Crippen molar-refractivity contribution >= 4 is 55.7 Å². The number of hydrogen-bond donors (Lipinski definition) is 1. The maximum atomic E-state index is 13.4. The quantitative estimate of drug-likeness (QED) is 0.215. The smallest absolute Gasteiger partial charge is 0.301 e. The van der Waals surface area contributed by atoms with Crippen molar-refractivity contribution in [3.63, 3.8) is 0 Å². The Morgan fingerprint density at radius 2 is 1.77 bits per heavy atom. The van der Waals surface area contributed by atoms with E-state index in [2.05, 4.69) is 4.98 Å². The molecule has 1 saturated heterocycles. The second-order valence-electron chi connectivity index (χ2n) is 7.75. The maximum Gasteiger partial charge on any atom is 0.301 e. The van der Waals surface area contributed by atoms with Crippen molar-refractivity contribution in [1.82, 2.24) is 4.98 Å². The number of aromatic nitrogens is 1. The predicted molar refractivity (Wildman–Crippen MR) is 135 cm³/mol. The largest absolute Gasteiger partial charge is 0.507 e. The Labute approximate surface area is 209 Å². The van der Waals surface area contributed by atoms with Gasteiger partial charge in [-0.15, -0.1) is 0 Å². The molecule has 0 radical (unpaired) electrons. The summed E-state index contributed by atoms with van der Waals surface area (Å²) in [4.78, 5) is 32.7. The van der Waals surface area contributed by atoms with E-state index in [1.54, 1.807) is 42.5 Å². The molecule has 0 bridgehead atoms. The summed E-state index contributed by atoms with van der Waals surface area (Å²) in [5.41, 5.74) is 1.49. The number of halogens is 1. The van der Waals surface area contributed by atoms with Crippen molar-refractivity contribution in [3.05, 3.63) is 88.5 Å². The van der Waals surface area contributed by atoms with Crippen molar-refractivity contribution in [2.24, 2.45) is 0 Å². The van der Waals surface area contributed by atoms with E-state index in [-0.39, 0.29) is 11.3 Å². The number of rotatable bonds is 5. The normalized spacial score (nSPS) is 17.2. The molecule has 4 aromatic rings. The Balaban J connectivity index is 1.77. The SMILES string of the molecule is COc1ccc([C@@H]2C(=C(O)c3ccc(Cl)cc3)C(=O)C(=O)N2c2nc3ccccc3s2)c(OC)c1. The highest BCUT2D eigenvalue weighted by molar-refractivity contribution is 7.22. The van der Waals surface area contributed by atoms with Gasteiger partial charge in [-0.1, -0.05) is 35.1 Å². The number of methoxy groups -OCH3 is 2. The van der Waals surface area contributed by atoms with E-state index in [0.717, 1.165) is 4.70 Å². The molecule has 1 amide bonds. The van der Waals surface area contributed by atoms with Gasteiger partial charge >= 0.3 is 5.91 Å². The summed E-state index contributed by atoms with van der Waals surface area (Å²) >= 11 is 7.29. The molecule has 0 unspecified atom stereocenters. The lowest BCUT2D eigenvalue weighted by molar-refractivity contribution is -0.132. The van der Waals surface area contributed by atoms with Crippen molar-refractivity contribution < 1.29 is 24.2 Å². The molecule has 1 aliphatic heterocycles. The van der Waals surface area contributed by atoms with Crippen LogP contribution < -0.4 is 14.4 Å². The third-order valence-electron chi connectivity index (χ3n) is 5.79. The summed E-state index contributed by atoms with van der Waals surface area (Å²) in [6.07, 6.45) is 0. The zero-order valence-corrected chi connectivity index (χ0v) is 20.3. The molecule has 1 aliphatic rings. The van der Waals surface area contributed by atoms with Crippen LogP contribution in [-0.4, -0.2) is 36.0 Å². The first-order chi connectivity index (χ1) is 16.9. The fourth-order valence-corrected chi connectivity index (χ4v) is 5.21. The number of aliphatic hydroxyl groups is 1. The minimum Gasteiger partial charge on any atom is -0.507 e. The molecule has 7 nitrogen and oxygen atoms in total. The highest BCUT2D eigenvalue weighted by Crippen LogP contribution is 2.47. The average Bonchev–Trinajstić information content (AvgIpc) is 3.42. The van der Waals surface area contributed by atoms with Gasteiger partial charge in [-0.2, -0.15) is 0 Å². The molecule has 0 saturated carbocycles. The van der Waals surface area contributed by atoms with Crippen molar-refractivity contribution in [1.29, 1.82) is 0 Å². The number of aliphatic hydroxyl groups excluding tert-OH is 1. The van der Waals surface area contributed by atoms with Crippen LogP contribution in [-0.2, 0) is 9.59 Å². The maximum absolute atomic E-state index is 13.4. The minimum atomic E-state index is -0.980. The van der Waals surface area contributed by atoms with E-state index in [1.807, 2.05) is 24.3 Å². The van der Waals surface area contributed by atoms with Crippen LogP contribution in [0.5, 0.6) is 11.5 Å². The molecule has 2 heterocycles. The van der Waals surface area contributed by atoms with Crippen LogP contribution in [0.4, 0.5) is 5.13 Å². The molecular formula is C26H19ClN2O5S. The first kappa shape index (κ1) is 22.9. The van der Waals surface area contributed by atoms with Gasteiger partial charge in [0, 0.05) is 22.2 Å². The Hall–Kier alpha value is -3.88. The standard InChI is InChI=1S/C26H19ClN2O5S/c1-33-16-11-12-17(19(13-16)34-2)22-21(23(30)14-7-9-15(27)10-8-14)24(31)25(32)29(22)26-28-18-5-3-4-6-20(18)35-26/h3-13,22,30H,1-2H3/t22-/m1/s1. The van der Waals surface area contributed by atoms with Gasteiger partial charge in [-0.05, 0) is 48.5 Å². The van der Waals surface area contributed by atoms with Crippen molar-refractivity contribution in [3.8, 4) is 11.5 Å². The summed E-state index contributed by atoms with van der Waals surface area (Å²) in [5.74, 6) is -0.988. The number of para-hydroxylation sites is 1. The Kier molecular flexibility index (Phi) is 5.92. The number of ether oxygens (including phenoxy) is 2. The number of hydrogen-bond acceptors (Lipinski definition) is 7. The van der Waals surface area contributed by atoms with Gasteiger partial charge in [0.1, 0.15) is 23.3 Å². The van der Waals surface area contributed by atoms with E-state index in [4.69, 9.17) is 21.1 Å². The van der Waals surface area contributed by atoms with Crippen LogP contribution in [0.25, 0.3) is 16.0 Å². The van der Waals surface area contributed by atoms with E-state index in [0.29, 0.717) is 38.3 Å². The molecule has 1 fully saturated rings. The molecule has 0 aliphatic carbocycles. The number of carbonyl (C=O) groups is 2. The second-order valence-corrected chi connectivity index (χ2v) is 9.19. The first-order valence-electron chi connectivity index (χ1n) is 10.6. The third kappa shape index (κ3) is 3.90. The lowest BCUT2D eigenvalue weighted by Gasteiger charge is -2.24. The summed E-state index contributed by atoms with van der Waals surface area (Å²) in [6.45, 7) is 0. The van der Waals surface area contributed by atoms with E-state index >= 15 is 0 Å². The molecule has 176 valence electrons. The molecule has 1 atom stereocenters. The van der Waals surface area contributed by atoms with Crippen LogP contribution in [0.3, 0.4) is 0 Å². The van der Waals surface area contributed by atoms with Gasteiger partial charge in [-0.25, -0.2) is 4.98 Å². The van der Waals surface area contributed by atoms with Crippen molar-refractivity contribution in [2.45, 2.75) is 6.04 Å². The minimum absolute atomic E-state index is 0.0694. The van der Waals surface area contributed by atoms with E-state index < -0.39 is 17.7 Å². The van der Waals surface area contributed by atoms with Gasteiger partial charge in [0.05, 0.1) is 30.0 Å². The summed E-state index contributed by atoms with van der Waals surface area (Å²) < 4.78 is 11.8. The van der Waals surface area contributed by atoms with Crippen LogP contribution in [0, 0.1) is 0 Å². The number of amides is 1. The van der Waals surface area contributed by atoms with Crippen LogP contribution in [0.2, 0.25) is 5.02 Å².